The summed E-state index contributed by atoms with van der Waals surface area (Å²) >= 11 is 0. The number of aryl methyl sites for hydroxylation is 1. The van der Waals surface area contributed by atoms with Crippen LogP contribution in [0.3, 0.4) is 0 Å². The largest absolute Gasteiger partial charge is 0.673 e. The molecule has 1 rings (SSSR count). The monoisotopic (exact) mass is 214 g/mol. The lowest BCUT2D eigenvalue weighted by atomic mass is 10.3. The van der Waals surface area contributed by atoms with Crippen LogP contribution in [0.5, 0.6) is 0 Å². The molecule has 0 aromatic carbocycles. The fourth-order valence-electron chi connectivity index (χ4n) is 0.690. The summed E-state index contributed by atoms with van der Waals surface area (Å²) in [7, 11) is -4.08. The molecule has 1 N–H and O–H groups in total. The Labute approximate surface area is 78.7 Å². The Morgan fingerprint density at radius 2 is 1.79 bits per heavy atom. The van der Waals surface area contributed by atoms with Crippen LogP contribution < -0.4 is 4.57 Å². The lowest BCUT2D eigenvalue weighted by molar-refractivity contribution is -0.671. The maximum absolute atomic E-state index is 9.75. The Balaban J connectivity index is 0.000000292. The first-order valence-corrected chi connectivity index (χ1v) is 3.78. The highest BCUT2D eigenvalue weighted by atomic mass is 19.5. The predicted octanol–water partition coefficient (Wildman–Crippen LogP) is 1.12. The molecular formula is C6H11BF4N2O. The summed E-state index contributed by atoms with van der Waals surface area (Å²) < 4.78 is 42.6. The number of rotatable bonds is 1. The van der Waals surface area contributed by atoms with Gasteiger partial charge < -0.3 is 22.4 Å². The number of hydrogen-bond donors (Lipinski definition) is 1. The van der Waals surface area contributed by atoms with Gasteiger partial charge in [-0.25, -0.2) is 9.13 Å². The van der Waals surface area contributed by atoms with E-state index in [9.17, 15) is 17.3 Å². The number of aliphatic hydroxyl groups is 1. The fraction of sp³-hybridized carbons (Fsp3) is 0.500. The summed E-state index contributed by atoms with van der Waals surface area (Å²) in [6.45, 7) is 1.72. The number of nitrogens with zero attached hydrogens (tertiary/aromatic N) is 2. The van der Waals surface area contributed by atoms with Crippen molar-refractivity contribution in [2.75, 3.05) is 0 Å². The van der Waals surface area contributed by atoms with E-state index in [1.54, 1.807) is 11.5 Å². The first-order valence-electron chi connectivity index (χ1n) is 3.78. The smallest absolute Gasteiger partial charge is 0.418 e. The highest BCUT2D eigenvalue weighted by Gasteiger charge is 2.20. The van der Waals surface area contributed by atoms with E-state index in [0.717, 1.165) is 0 Å². The Kier molecular flexibility index (Phi) is 4.62. The molecule has 0 amide bonds. The van der Waals surface area contributed by atoms with E-state index < -0.39 is 13.5 Å². The molecule has 0 bridgehead atoms. The van der Waals surface area contributed by atoms with Gasteiger partial charge in [0.05, 0.1) is 7.05 Å². The molecule has 14 heavy (non-hydrogen) atoms. The van der Waals surface area contributed by atoms with Crippen LogP contribution in [-0.2, 0) is 7.05 Å². The standard InChI is InChI=1S/C6H11N2O.BF4/c1-6(9)8-4-3-7(2)5-8;2-1(3,4)5/h3-6,9H,1-2H3;/q+1;-1. The van der Waals surface area contributed by atoms with Gasteiger partial charge in [-0.05, 0) is 0 Å². The first kappa shape index (κ1) is 13.0. The van der Waals surface area contributed by atoms with Crippen LogP contribution in [0.25, 0.3) is 0 Å². The van der Waals surface area contributed by atoms with Crippen molar-refractivity contribution in [3.05, 3.63) is 18.7 Å². The third-order valence-corrected chi connectivity index (χ3v) is 1.22. The second-order valence-electron chi connectivity index (χ2n) is 2.65. The normalized spacial score (nSPS) is 13.1. The average Bonchev–Trinajstić information content (AvgIpc) is 2.31. The van der Waals surface area contributed by atoms with Crippen molar-refractivity contribution < 1.29 is 26.9 Å². The maximum Gasteiger partial charge on any atom is 0.673 e. The van der Waals surface area contributed by atoms with Crippen LogP contribution in [0, 0.1) is 0 Å². The Morgan fingerprint density at radius 3 is 1.93 bits per heavy atom. The molecule has 1 unspecified atom stereocenters. The molecule has 0 saturated heterocycles. The average molecular weight is 214 g/mol. The Bertz CT molecular complexity index is 267. The molecule has 3 nitrogen and oxygen atoms in total. The van der Waals surface area contributed by atoms with Crippen LogP contribution >= 0.6 is 0 Å². The quantitative estimate of drug-likeness (QED) is 0.423. The van der Waals surface area contributed by atoms with Crippen molar-refractivity contribution in [2.24, 2.45) is 7.05 Å². The summed E-state index contributed by atoms with van der Waals surface area (Å²) in [5.74, 6) is 0. The molecule has 0 radical (unpaired) electrons. The van der Waals surface area contributed by atoms with Crippen molar-refractivity contribution in [1.82, 2.24) is 4.57 Å². The number of aliphatic hydroxyl groups excluding tert-OH is 1. The summed E-state index contributed by atoms with van der Waals surface area (Å²) in [6.07, 6.45) is 5.10. The van der Waals surface area contributed by atoms with E-state index in [2.05, 4.69) is 0 Å². The predicted molar refractivity (Wildman–Crippen MR) is 42.7 cm³/mol. The van der Waals surface area contributed by atoms with E-state index >= 15 is 0 Å². The van der Waals surface area contributed by atoms with Gasteiger partial charge in [0.2, 0.25) is 6.33 Å². The number of halogens is 4. The molecule has 0 aliphatic carbocycles. The molecule has 0 fully saturated rings. The number of hydrogen-bond acceptors (Lipinski definition) is 1. The van der Waals surface area contributed by atoms with Gasteiger partial charge >= 0.3 is 7.25 Å². The first-order chi connectivity index (χ1) is 6.20. The van der Waals surface area contributed by atoms with Crippen LogP contribution in [0.4, 0.5) is 17.3 Å². The zero-order chi connectivity index (χ0) is 11.4. The lowest BCUT2D eigenvalue weighted by Gasteiger charge is -1.94. The van der Waals surface area contributed by atoms with Crippen LogP contribution in [0.15, 0.2) is 18.7 Å². The van der Waals surface area contributed by atoms with Crippen molar-refractivity contribution in [3.8, 4) is 0 Å². The van der Waals surface area contributed by atoms with Gasteiger partial charge in [-0.1, -0.05) is 0 Å². The molecule has 1 aromatic heterocycles. The minimum atomic E-state index is -6.00. The van der Waals surface area contributed by atoms with Gasteiger partial charge in [-0.2, -0.15) is 0 Å². The van der Waals surface area contributed by atoms with E-state index in [4.69, 9.17) is 5.11 Å². The van der Waals surface area contributed by atoms with E-state index in [1.807, 2.05) is 30.3 Å². The molecule has 1 heterocycles. The van der Waals surface area contributed by atoms with E-state index in [0.29, 0.717) is 0 Å². The second-order valence-corrected chi connectivity index (χ2v) is 2.65. The molecule has 1 aromatic rings. The van der Waals surface area contributed by atoms with E-state index in [-0.39, 0.29) is 0 Å². The molecule has 82 valence electrons. The molecule has 0 aliphatic rings. The SMILES string of the molecule is CC(O)n1cc[n+](C)c1.F[B-](F)(F)F. The van der Waals surface area contributed by atoms with Crippen LogP contribution in [0.2, 0.25) is 0 Å². The molecule has 8 heteroatoms. The van der Waals surface area contributed by atoms with E-state index in [1.165, 1.54) is 0 Å². The zero-order valence-electron chi connectivity index (χ0n) is 7.74. The third-order valence-electron chi connectivity index (χ3n) is 1.22. The fourth-order valence-corrected chi connectivity index (χ4v) is 0.690. The van der Waals surface area contributed by atoms with Crippen LogP contribution in [-0.4, -0.2) is 16.9 Å². The van der Waals surface area contributed by atoms with Crippen molar-refractivity contribution in [1.29, 1.82) is 0 Å². The van der Waals surface area contributed by atoms with Gasteiger partial charge in [0.25, 0.3) is 0 Å². The minimum Gasteiger partial charge on any atom is -0.418 e. The minimum absolute atomic E-state index is 0.425. The van der Waals surface area contributed by atoms with Crippen molar-refractivity contribution in [3.63, 3.8) is 0 Å². The van der Waals surface area contributed by atoms with Gasteiger partial charge in [-0.3, -0.25) is 0 Å². The molecule has 0 aliphatic heterocycles. The second kappa shape index (κ2) is 4.99. The van der Waals surface area contributed by atoms with Gasteiger partial charge in [-0.15, -0.1) is 0 Å². The maximum atomic E-state index is 9.75. The van der Waals surface area contributed by atoms with Crippen molar-refractivity contribution >= 4 is 7.25 Å². The Morgan fingerprint density at radius 1 is 1.36 bits per heavy atom. The lowest BCUT2D eigenvalue weighted by Crippen LogP contribution is -2.24. The summed E-state index contributed by atoms with van der Waals surface area (Å²) in [6, 6.07) is 0. The molecule has 0 saturated carbocycles. The Hall–Kier alpha value is -1.05. The number of aromatic nitrogens is 2. The van der Waals surface area contributed by atoms with Gasteiger partial charge in [0.1, 0.15) is 12.4 Å². The summed E-state index contributed by atoms with van der Waals surface area (Å²) in [4.78, 5) is 0. The third kappa shape index (κ3) is 7.60. The van der Waals surface area contributed by atoms with Crippen molar-refractivity contribution in [2.45, 2.75) is 13.2 Å². The van der Waals surface area contributed by atoms with Gasteiger partial charge in [0, 0.05) is 6.92 Å². The van der Waals surface area contributed by atoms with Crippen LogP contribution in [0.1, 0.15) is 13.2 Å². The topological polar surface area (TPSA) is 29.0 Å². The van der Waals surface area contributed by atoms with Gasteiger partial charge in [0.15, 0.2) is 6.23 Å². The molecule has 1 atom stereocenters. The summed E-state index contributed by atoms with van der Waals surface area (Å²) in [5, 5.41) is 8.99. The molecular weight excluding hydrogens is 203 g/mol. The number of imidazole rings is 1. The highest BCUT2D eigenvalue weighted by molar-refractivity contribution is 6.50. The summed E-state index contributed by atoms with van der Waals surface area (Å²) in [5.41, 5.74) is 0. The highest BCUT2D eigenvalue weighted by Crippen LogP contribution is 2.06. The molecule has 0 spiro atoms. The zero-order valence-corrected chi connectivity index (χ0v) is 7.74.